The second-order valence-corrected chi connectivity index (χ2v) is 4.99. The lowest BCUT2D eigenvalue weighted by atomic mass is 10.2. The van der Waals surface area contributed by atoms with Gasteiger partial charge in [-0.25, -0.2) is 9.67 Å². The number of benzene rings is 1. The van der Waals surface area contributed by atoms with E-state index in [0.717, 1.165) is 28.0 Å². The first-order valence-electron chi connectivity index (χ1n) is 5.79. The maximum absolute atomic E-state index is 5.94. The van der Waals surface area contributed by atoms with E-state index in [4.69, 9.17) is 5.73 Å². The number of nitrogens with two attached hydrogens (primary N) is 1. The molecule has 5 nitrogen and oxygen atoms in total. The second-order valence-electron chi connectivity index (χ2n) is 4.11. The molecule has 92 valence electrons. The maximum atomic E-state index is 5.94. The molecule has 0 spiro atoms. The van der Waals surface area contributed by atoms with Crippen molar-refractivity contribution < 1.29 is 0 Å². The van der Waals surface area contributed by atoms with Crippen LogP contribution in [0.2, 0.25) is 0 Å². The Balaban J connectivity index is 2.00. The minimum Gasteiger partial charge on any atom is -0.323 e. The van der Waals surface area contributed by atoms with E-state index in [1.54, 1.807) is 16.0 Å². The monoisotopic (exact) mass is 259 g/mol. The van der Waals surface area contributed by atoms with Gasteiger partial charge in [0.2, 0.25) is 0 Å². The summed E-state index contributed by atoms with van der Waals surface area (Å²) in [7, 11) is 0. The molecule has 0 aliphatic heterocycles. The normalized spacial score (nSPS) is 13.0. The Hall–Kier alpha value is -1.79. The number of fused-ring (bicyclic) bond motifs is 1. The van der Waals surface area contributed by atoms with Crippen molar-refractivity contribution in [2.24, 2.45) is 5.73 Å². The van der Waals surface area contributed by atoms with Crippen molar-refractivity contribution in [2.45, 2.75) is 19.4 Å². The highest BCUT2D eigenvalue weighted by Crippen LogP contribution is 2.21. The smallest absolute Gasteiger partial charge is 0.0998 e. The molecule has 6 heteroatoms. The fourth-order valence-corrected chi connectivity index (χ4v) is 2.48. The van der Waals surface area contributed by atoms with Crippen LogP contribution >= 0.6 is 11.3 Å². The number of hydrogen-bond acceptors (Lipinski definition) is 5. The summed E-state index contributed by atoms with van der Waals surface area (Å²) in [4.78, 5) is 4.25. The highest BCUT2D eigenvalue weighted by Gasteiger charge is 2.09. The van der Waals surface area contributed by atoms with Crippen molar-refractivity contribution in [3.05, 3.63) is 35.6 Å². The molecule has 1 unspecified atom stereocenters. The van der Waals surface area contributed by atoms with Gasteiger partial charge in [-0.2, -0.15) is 0 Å². The molecule has 0 radical (unpaired) electrons. The van der Waals surface area contributed by atoms with E-state index in [2.05, 4.69) is 21.4 Å². The van der Waals surface area contributed by atoms with Crippen molar-refractivity contribution in [3.63, 3.8) is 0 Å². The summed E-state index contributed by atoms with van der Waals surface area (Å²) in [5, 5.41) is 8.22. The zero-order valence-corrected chi connectivity index (χ0v) is 10.8. The molecule has 1 atom stereocenters. The molecular weight excluding hydrogens is 246 g/mol. The van der Waals surface area contributed by atoms with Crippen LogP contribution in [0.25, 0.3) is 15.9 Å². The lowest BCUT2D eigenvalue weighted by molar-refractivity contribution is 0.670. The van der Waals surface area contributed by atoms with Crippen molar-refractivity contribution in [1.82, 2.24) is 20.0 Å². The first-order valence-corrected chi connectivity index (χ1v) is 6.67. The minimum atomic E-state index is -0.0501. The largest absolute Gasteiger partial charge is 0.323 e. The molecule has 2 heterocycles. The first kappa shape index (κ1) is 11.3. The zero-order valence-electron chi connectivity index (χ0n) is 9.95. The van der Waals surface area contributed by atoms with Crippen LogP contribution in [0.4, 0.5) is 0 Å². The van der Waals surface area contributed by atoms with Gasteiger partial charge in [-0.3, -0.25) is 0 Å². The van der Waals surface area contributed by atoms with Gasteiger partial charge in [0, 0.05) is 0 Å². The summed E-state index contributed by atoms with van der Waals surface area (Å²) in [5.41, 5.74) is 10.6. The van der Waals surface area contributed by atoms with E-state index >= 15 is 0 Å². The van der Waals surface area contributed by atoms with Crippen LogP contribution < -0.4 is 5.73 Å². The fraction of sp³-hybridized carbons (Fsp3) is 0.250. The molecule has 0 fully saturated rings. The minimum absolute atomic E-state index is 0.0501. The van der Waals surface area contributed by atoms with E-state index in [-0.39, 0.29) is 6.04 Å². The predicted octanol–water partition coefficient (Wildman–Crippen LogP) is 2.29. The Morgan fingerprint density at radius 2 is 2.33 bits per heavy atom. The van der Waals surface area contributed by atoms with Gasteiger partial charge in [0.05, 0.1) is 39.3 Å². The van der Waals surface area contributed by atoms with E-state index in [0.29, 0.717) is 0 Å². The lowest BCUT2D eigenvalue weighted by Crippen LogP contribution is -2.08. The third-order valence-electron chi connectivity index (χ3n) is 2.91. The number of rotatable bonds is 3. The van der Waals surface area contributed by atoms with Crippen LogP contribution in [0.5, 0.6) is 0 Å². The van der Waals surface area contributed by atoms with E-state index in [9.17, 15) is 0 Å². The van der Waals surface area contributed by atoms with Crippen LogP contribution in [0.15, 0.2) is 29.9 Å². The van der Waals surface area contributed by atoms with Gasteiger partial charge in [-0.15, -0.1) is 16.4 Å². The first-order chi connectivity index (χ1) is 8.78. The lowest BCUT2D eigenvalue weighted by Gasteiger charge is -2.02. The van der Waals surface area contributed by atoms with Crippen molar-refractivity contribution in [1.29, 1.82) is 0 Å². The third-order valence-corrected chi connectivity index (χ3v) is 3.70. The summed E-state index contributed by atoms with van der Waals surface area (Å²) in [5.74, 6) is 0. The standard InChI is InChI=1S/C12H13N5S/c1-2-9(13)11-6-17(16-15-11)8-3-4-10-12(5-8)18-7-14-10/h3-7,9H,2,13H2,1H3. The molecule has 18 heavy (non-hydrogen) atoms. The number of thiazole rings is 1. The predicted molar refractivity (Wildman–Crippen MR) is 71.8 cm³/mol. The van der Waals surface area contributed by atoms with E-state index in [1.807, 2.05) is 30.8 Å². The summed E-state index contributed by atoms with van der Waals surface area (Å²) >= 11 is 1.62. The Morgan fingerprint density at radius 1 is 1.44 bits per heavy atom. The van der Waals surface area contributed by atoms with Gasteiger partial charge in [0.1, 0.15) is 0 Å². The molecule has 2 N–H and O–H groups in total. The van der Waals surface area contributed by atoms with Gasteiger partial charge in [-0.1, -0.05) is 12.1 Å². The summed E-state index contributed by atoms with van der Waals surface area (Å²) < 4.78 is 2.90. The van der Waals surface area contributed by atoms with Crippen LogP contribution in [-0.4, -0.2) is 20.0 Å². The Bertz CT molecular complexity index is 672. The number of aromatic nitrogens is 4. The molecule has 0 bridgehead atoms. The van der Waals surface area contributed by atoms with Crippen LogP contribution in [0.3, 0.4) is 0 Å². The van der Waals surface area contributed by atoms with Crippen molar-refractivity contribution >= 4 is 21.6 Å². The van der Waals surface area contributed by atoms with Gasteiger partial charge in [-0.05, 0) is 24.6 Å². The van der Waals surface area contributed by atoms with Crippen LogP contribution in [-0.2, 0) is 0 Å². The Morgan fingerprint density at radius 3 is 3.17 bits per heavy atom. The summed E-state index contributed by atoms with van der Waals surface area (Å²) in [6, 6.07) is 5.98. The van der Waals surface area contributed by atoms with Crippen molar-refractivity contribution in [3.8, 4) is 5.69 Å². The molecule has 0 saturated heterocycles. The molecule has 3 rings (SSSR count). The molecule has 3 aromatic rings. The van der Waals surface area contributed by atoms with Gasteiger partial charge in [0.15, 0.2) is 0 Å². The molecular formula is C12H13N5S. The molecule has 0 saturated carbocycles. The van der Waals surface area contributed by atoms with E-state index in [1.165, 1.54) is 0 Å². The molecule has 2 aromatic heterocycles. The van der Waals surface area contributed by atoms with Gasteiger partial charge >= 0.3 is 0 Å². The molecule has 1 aromatic carbocycles. The third kappa shape index (κ3) is 1.89. The quantitative estimate of drug-likeness (QED) is 0.783. The Labute approximate surface area is 108 Å². The zero-order chi connectivity index (χ0) is 12.5. The molecule has 0 aliphatic rings. The Kier molecular flexibility index (Phi) is 2.81. The average Bonchev–Trinajstić information content (AvgIpc) is 3.05. The van der Waals surface area contributed by atoms with Gasteiger partial charge in [0.25, 0.3) is 0 Å². The van der Waals surface area contributed by atoms with Gasteiger partial charge < -0.3 is 5.73 Å². The summed E-state index contributed by atoms with van der Waals surface area (Å²) in [6.07, 6.45) is 2.74. The SMILES string of the molecule is CCC(N)c1cn(-c2ccc3ncsc3c2)nn1. The highest BCUT2D eigenvalue weighted by atomic mass is 32.1. The van der Waals surface area contributed by atoms with E-state index < -0.39 is 0 Å². The average molecular weight is 259 g/mol. The number of nitrogens with zero attached hydrogens (tertiary/aromatic N) is 4. The summed E-state index contributed by atoms with van der Waals surface area (Å²) in [6.45, 7) is 2.03. The molecule has 0 aliphatic carbocycles. The highest BCUT2D eigenvalue weighted by molar-refractivity contribution is 7.16. The van der Waals surface area contributed by atoms with Crippen LogP contribution in [0.1, 0.15) is 25.1 Å². The molecule has 0 amide bonds. The van der Waals surface area contributed by atoms with Crippen LogP contribution in [0, 0.1) is 0 Å². The maximum Gasteiger partial charge on any atom is 0.0998 e. The topological polar surface area (TPSA) is 69.6 Å². The number of hydrogen-bond donors (Lipinski definition) is 1. The second kappa shape index (κ2) is 4.47. The van der Waals surface area contributed by atoms with Crippen molar-refractivity contribution in [2.75, 3.05) is 0 Å². The fourth-order valence-electron chi connectivity index (χ4n) is 1.77.